The SMILES string of the molecule is NS(=O)(=O)c1ccc(N2N=C(c3ccc(Br)cc3)C[C@H]2c2ccc(F)cc2)cc1. The summed E-state index contributed by atoms with van der Waals surface area (Å²) in [6, 6.07) is 20.3. The van der Waals surface area contributed by atoms with Crippen LogP contribution in [0.3, 0.4) is 0 Å². The minimum atomic E-state index is -3.77. The highest BCUT2D eigenvalue weighted by Gasteiger charge is 2.30. The molecule has 3 aromatic carbocycles. The van der Waals surface area contributed by atoms with Gasteiger partial charge in [-0.1, -0.05) is 40.2 Å². The first-order valence-corrected chi connectivity index (χ1v) is 11.2. The van der Waals surface area contributed by atoms with Gasteiger partial charge in [0.05, 0.1) is 22.3 Å². The van der Waals surface area contributed by atoms with Crippen molar-refractivity contribution >= 4 is 37.4 Å². The molecule has 1 atom stereocenters. The maximum Gasteiger partial charge on any atom is 0.238 e. The number of sulfonamides is 1. The summed E-state index contributed by atoms with van der Waals surface area (Å²) in [5.41, 5.74) is 3.52. The van der Waals surface area contributed by atoms with Crippen molar-refractivity contribution in [1.82, 2.24) is 0 Å². The van der Waals surface area contributed by atoms with E-state index in [0.717, 1.165) is 27.0 Å². The Hall–Kier alpha value is -2.55. The topological polar surface area (TPSA) is 75.8 Å². The van der Waals surface area contributed by atoms with E-state index in [2.05, 4.69) is 15.9 Å². The molecular weight excluding hydrogens is 457 g/mol. The van der Waals surface area contributed by atoms with Gasteiger partial charge in [-0.25, -0.2) is 17.9 Å². The van der Waals surface area contributed by atoms with E-state index in [4.69, 9.17) is 10.2 Å². The van der Waals surface area contributed by atoms with Crippen LogP contribution in [-0.2, 0) is 10.0 Å². The molecular formula is C21H17BrFN3O2S. The molecule has 5 nitrogen and oxygen atoms in total. The fourth-order valence-corrected chi connectivity index (χ4v) is 4.08. The van der Waals surface area contributed by atoms with Crippen LogP contribution in [0.15, 0.2) is 87.3 Å². The largest absolute Gasteiger partial charge is 0.257 e. The molecule has 29 heavy (non-hydrogen) atoms. The van der Waals surface area contributed by atoms with Gasteiger partial charge in [0.15, 0.2) is 0 Å². The number of rotatable bonds is 4. The first-order chi connectivity index (χ1) is 13.8. The number of hydrazone groups is 1. The molecule has 1 heterocycles. The van der Waals surface area contributed by atoms with Crippen LogP contribution < -0.4 is 10.1 Å². The molecule has 0 saturated heterocycles. The van der Waals surface area contributed by atoms with Gasteiger partial charge in [0.1, 0.15) is 5.82 Å². The number of benzene rings is 3. The molecule has 0 aromatic heterocycles. The van der Waals surface area contributed by atoms with Crippen molar-refractivity contribution in [3.05, 3.63) is 94.2 Å². The molecule has 4 rings (SSSR count). The maximum atomic E-state index is 13.4. The van der Waals surface area contributed by atoms with E-state index in [9.17, 15) is 12.8 Å². The minimum Gasteiger partial charge on any atom is -0.257 e. The second kappa shape index (κ2) is 7.70. The second-order valence-electron chi connectivity index (χ2n) is 6.71. The van der Waals surface area contributed by atoms with Crippen LogP contribution in [-0.4, -0.2) is 14.1 Å². The highest BCUT2D eigenvalue weighted by molar-refractivity contribution is 9.10. The summed E-state index contributed by atoms with van der Waals surface area (Å²) in [7, 11) is -3.77. The summed E-state index contributed by atoms with van der Waals surface area (Å²) in [6.07, 6.45) is 0.629. The molecule has 0 aliphatic carbocycles. The molecule has 148 valence electrons. The molecule has 1 aliphatic rings. The Morgan fingerprint density at radius 1 is 0.966 bits per heavy atom. The minimum absolute atomic E-state index is 0.0379. The van der Waals surface area contributed by atoms with Crippen LogP contribution in [0.25, 0.3) is 0 Å². The van der Waals surface area contributed by atoms with Crippen molar-refractivity contribution in [2.45, 2.75) is 17.4 Å². The van der Waals surface area contributed by atoms with Crippen LogP contribution in [0.1, 0.15) is 23.6 Å². The van der Waals surface area contributed by atoms with Crippen molar-refractivity contribution in [1.29, 1.82) is 0 Å². The standard InChI is InChI=1S/C21H17BrFN3O2S/c22-16-5-1-14(2-6-16)20-13-21(15-3-7-17(23)8-4-15)26(25-20)18-9-11-19(12-10-18)29(24,27)28/h1-12,21H,13H2,(H2,24,27,28)/t21-/m0/s1. The molecule has 0 unspecified atom stereocenters. The molecule has 0 amide bonds. The fraction of sp³-hybridized carbons (Fsp3) is 0.0952. The Kier molecular flexibility index (Phi) is 5.24. The van der Waals surface area contributed by atoms with E-state index < -0.39 is 10.0 Å². The second-order valence-corrected chi connectivity index (χ2v) is 9.19. The van der Waals surface area contributed by atoms with Gasteiger partial charge in [-0.05, 0) is 59.7 Å². The quantitative estimate of drug-likeness (QED) is 0.601. The van der Waals surface area contributed by atoms with Gasteiger partial charge in [-0.3, -0.25) is 5.01 Å². The van der Waals surface area contributed by atoms with E-state index in [0.29, 0.717) is 6.42 Å². The molecule has 0 spiro atoms. The van der Waals surface area contributed by atoms with Gasteiger partial charge in [-0.15, -0.1) is 0 Å². The van der Waals surface area contributed by atoms with Crippen LogP contribution in [0.2, 0.25) is 0 Å². The average Bonchev–Trinajstić information content (AvgIpc) is 3.14. The predicted molar refractivity (Wildman–Crippen MR) is 115 cm³/mol. The first kappa shape index (κ1) is 19.8. The van der Waals surface area contributed by atoms with Crippen molar-refractivity contribution in [2.24, 2.45) is 10.2 Å². The summed E-state index contributed by atoms with van der Waals surface area (Å²) in [6.45, 7) is 0. The van der Waals surface area contributed by atoms with Crippen molar-refractivity contribution < 1.29 is 12.8 Å². The smallest absolute Gasteiger partial charge is 0.238 e. The predicted octanol–water partition coefficient (Wildman–Crippen LogP) is 4.59. The Bertz CT molecular complexity index is 1160. The molecule has 0 saturated carbocycles. The lowest BCUT2D eigenvalue weighted by molar-refractivity contribution is 0.597. The van der Waals surface area contributed by atoms with E-state index in [1.807, 2.05) is 29.3 Å². The average molecular weight is 474 g/mol. The number of primary sulfonamides is 1. The fourth-order valence-electron chi connectivity index (χ4n) is 3.30. The molecule has 2 N–H and O–H groups in total. The first-order valence-electron chi connectivity index (χ1n) is 8.82. The van der Waals surface area contributed by atoms with Gasteiger partial charge < -0.3 is 0 Å². The molecule has 3 aromatic rings. The summed E-state index contributed by atoms with van der Waals surface area (Å²) in [4.78, 5) is 0.0379. The highest BCUT2D eigenvalue weighted by atomic mass is 79.9. The molecule has 1 aliphatic heterocycles. The number of nitrogens with zero attached hydrogens (tertiary/aromatic N) is 2. The third-order valence-corrected chi connectivity index (χ3v) is 6.23. The van der Waals surface area contributed by atoms with Gasteiger partial charge in [0, 0.05) is 10.9 Å². The number of hydrogen-bond acceptors (Lipinski definition) is 4. The lowest BCUT2D eigenvalue weighted by Gasteiger charge is -2.24. The van der Waals surface area contributed by atoms with E-state index in [1.54, 1.807) is 24.3 Å². The normalized spacial score (nSPS) is 16.7. The number of anilines is 1. The molecule has 0 radical (unpaired) electrons. The molecule has 0 fully saturated rings. The zero-order chi connectivity index (χ0) is 20.6. The van der Waals surface area contributed by atoms with Gasteiger partial charge >= 0.3 is 0 Å². The zero-order valence-corrected chi connectivity index (χ0v) is 17.6. The van der Waals surface area contributed by atoms with E-state index >= 15 is 0 Å². The number of halogens is 2. The van der Waals surface area contributed by atoms with Crippen molar-refractivity contribution in [3.8, 4) is 0 Å². The van der Waals surface area contributed by atoms with E-state index in [-0.39, 0.29) is 16.8 Å². The number of hydrogen-bond donors (Lipinski definition) is 1. The van der Waals surface area contributed by atoms with Gasteiger partial charge in [-0.2, -0.15) is 5.10 Å². The lowest BCUT2D eigenvalue weighted by atomic mass is 9.98. The lowest BCUT2D eigenvalue weighted by Crippen LogP contribution is -2.19. The Morgan fingerprint density at radius 2 is 1.59 bits per heavy atom. The summed E-state index contributed by atoms with van der Waals surface area (Å²) in [5.74, 6) is -0.301. The monoisotopic (exact) mass is 473 g/mol. The Balaban J connectivity index is 1.74. The van der Waals surface area contributed by atoms with Crippen LogP contribution in [0.5, 0.6) is 0 Å². The van der Waals surface area contributed by atoms with Crippen LogP contribution in [0.4, 0.5) is 10.1 Å². The Morgan fingerprint density at radius 3 is 2.17 bits per heavy atom. The third kappa shape index (κ3) is 4.24. The van der Waals surface area contributed by atoms with Crippen LogP contribution in [0, 0.1) is 5.82 Å². The summed E-state index contributed by atoms with van der Waals surface area (Å²) < 4.78 is 37.5. The maximum absolute atomic E-state index is 13.4. The molecule has 0 bridgehead atoms. The van der Waals surface area contributed by atoms with Crippen molar-refractivity contribution in [2.75, 3.05) is 5.01 Å². The highest BCUT2D eigenvalue weighted by Crippen LogP contribution is 2.37. The van der Waals surface area contributed by atoms with E-state index in [1.165, 1.54) is 24.3 Å². The number of nitrogens with two attached hydrogens (primary N) is 1. The van der Waals surface area contributed by atoms with Gasteiger partial charge in [0.25, 0.3) is 0 Å². The zero-order valence-electron chi connectivity index (χ0n) is 15.2. The Labute approximate surface area is 176 Å². The van der Waals surface area contributed by atoms with Crippen LogP contribution >= 0.6 is 15.9 Å². The van der Waals surface area contributed by atoms with Crippen molar-refractivity contribution in [3.63, 3.8) is 0 Å². The summed E-state index contributed by atoms with van der Waals surface area (Å²) >= 11 is 3.44. The molecule has 8 heteroatoms. The third-order valence-electron chi connectivity index (χ3n) is 4.77. The summed E-state index contributed by atoms with van der Waals surface area (Å²) in [5, 5.41) is 11.8. The van der Waals surface area contributed by atoms with Gasteiger partial charge in [0.2, 0.25) is 10.0 Å².